The third-order valence-electron chi connectivity index (χ3n) is 6.07. The van der Waals surface area contributed by atoms with Gasteiger partial charge in [0, 0.05) is 34.5 Å². The predicted molar refractivity (Wildman–Crippen MR) is 127 cm³/mol. The standard InChI is InChI=1S/C25H35Cl2N3/c1-3-4-5-6-7-8-9-10-11-15-25(20-28,16-18-30-19-17-29-21(30)2)24-22(26)13-12-14-23(24)27/h12-14,17,19H,3-11,15-16,18H2,1-2H3. The van der Waals surface area contributed by atoms with Crippen LogP contribution in [0.25, 0.3) is 0 Å². The highest BCUT2D eigenvalue weighted by atomic mass is 35.5. The van der Waals surface area contributed by atoms with Crippen molar-refractivity contribution < 1.29 is 0 Å². The highest BCUT2D eigenvalue weighted by Gasteiger charge is 2.35. The number of rotatable bonds is 14. The lowest BCUT2D eigenvalue weighted by molar-refractivity contribution is 0.404. The first-order valence-corrected chi connectivity index (χ1v) is 12.1. The Morgan fingerprint density at radius 2 is 1.57 bits per heavy atom. The number of hydrogen-bond acceptors (Lipinski definition) is 2. The number of aromatic nitrogens is 2. The molecule has 1 atom stereocenters. The van der Waals surface area contributed by atoms with E-state index < -0.39 is 5.41 Å². The summed E-state index contributed by atoms with van der Waals surface area (Å²) in [6, 6.07) is 8.14. The van der Waals surface area contributed by atoms with Crippen molar-refractivity contribution in [3.05, 3.63) is 52.0 Å². The Morgan fingerprint density at radius 1 is 0.967 bits per heavy atom. The molecule has 0 N–H and O–H groups in total. The monoisotopic (exact) mass is 447 g/mol. The number of imidazole rings is 1. The van der Waals surface area contributed by atoms with Gasteiger partial charge in [0.15, 0.2) is 0 Å². The topological polar surface area (TPSA) is 41.6 Å². The summed E-state index contributed by atoms with van der Waals surface area (Å²) in [5, 5.41) is 11.5. The Hall–Kier alpha value is -1.50. The maximum atomic E-state index is 10.3. The molecule has 0 bridgehead atoms. The zero-order valence-electron chi connectivity index (χ0n) is 18.5. The van der Waals surface area contributed by atoms with Crippen LogP contribution >= 0.6 is 23.2 Å². The van der Waals surface area contributed by atoms with Crippen molar-refractivity contribution in [1.82, 2.24) is 9.55 Å². The van der Waals surface area contributed by atoms with E-state index in [4.69, 9.17) is 23.2 Å². The van der Waals surface area contributed by atoms with Gasteiger partial charge in [-0.2, -0.15) is 5.26 Å². The highest BCUT2D eigenvalue weighted by Crippen LogP contribution is 2.42. The van der Waals surface area contributed by atoms with E-state index >= 15 is 0 Å². The second-order valence-electron chi connectivity index (χ2n) is 8.29. The van der Waals surface area contributed by atoms with Gasteiger partial charge in [0.05, 0.1) is 11.5 Å². The first-order valence-electron chi connectivity index (χ1n) is 11.4. The molecule has 0 spiro atoms. The van der Waals surface area contributed by atoms with Crippen LogP contribution in [0.3, 0.4) is 0 Å². The maximum absolute atomic E-state index is 10.3. The van der Waals surface area contributed by atoms with Crippen LogP contribution in [0.2, 0.25) is 10.0 Å². The Kier molecular flexibility index (Phi) is 10.8. The molecule has 30 heavy (non-hydrogen) atoms. The van der Waals surface area contributed by atoms with Gasteiger partial charge in [-0.15, -0.1) is 0 Å². The van der Waals surface area contributed by atoms with E-state index in [-0.39, 0.29) is 0 Å². The summed E-state index contributed by atoms with van der Waals surface area (Å²) in [4.78, 5) is 4.30. The molecule has 164 valence electrons. The van der Waals surface area contributed by atoms with E-state index in [1.807, 2.05) is 31.3 Å². The fourth-order valence-corrected chi connectivity index (χ4v) is 4.95. The Morgan fingerprint density at radius 3 is 2.10 bits per heavy atom. The van der Waals surface area contributed by atoms with Crippen molar-refractivity contribution in [3.63, 3.8) is 0 Å². The molecule has 2 rings (SSSR count). The van der Waals surface area contributed by atoms with Crippen LogP contribution in [0.15, 0.2) is 30.6 Å². The number of halogens is 2. The van der Waals surface area contributed by atoms with Crippen molar-refractivity contribution in [2.75, 3.05) is 0 Å². The van der Waals surface area contributed by atoms with Gasteiger partial charge in [-0.25, -0.2) is 4.98 Å². The minimum atomic E-state index is -0.687. The summed E-state index contributed by atoms with van der Waals surface area (Å²) in [5.74, 6) is 0.954. The molecule has 3 nitrogen and oxygen atoms in total. The number of nitriles is 1. The largest absolute Gasteiger partial charge is 0.335 e. The summed E-state index contributed by atoms with van der Waals surface area (Å²) in [7, 11) is 0. The molecular formula is C25H35Cl2N3. The average Bonchev–Trinajstić information content (AvgIpc) is 3.15. The molecule has 0 fully saturated rings. The molecule has 0 saturated carbocycles. The number of aryl methyl sites for hydroxylation is 2. The van der Waals surface area contributed by atoms with Crippen LogP contribution in [0.5, 0.6) is 0 Å². The first kappa shape index (κ1) is 24.8. The maximum Gasteiger partial charge on any atom is 0.105 e. The molecule has 1 aromatic carbocycles. The van der Waals surface area contributed by atoms with Crippen LogP contribution in [-0.2, 0) is 12.0 Å². The molecule has 1 aromatic heterocycles. The number of benzene rings is 1. The van der Waals surface area contributed by atoms with Crippen LogP contribution in [0.1, 0.15) is 88.9 Å². The summed E-state index contributed by atoms with van der Waals surface area (Å²) >= 11 is 13.1. The first-order chi connectivity index (χ1) is 14.5. The molecule has 0 amide bonds. The summed E-state index contributed by atoms with van der Waals surface area (Å²) < 4.78 is 2.09. The number of unbranched alkanes of at least 4 members (excludes halogenated alkanes) is 8. The van der Waals surface area contributed by atoms with E-state index in [1.165, 1.54) is 44.9 Å². The zero-order valence-corrected chi connectivity index (χ0v) is 20.0. The smallest absolute Gasteiger partial charge is 0.105 e. The van der Waals surface area contributed by atoms with Crippen molar-refractivity contribution in [2.45, 2.75) is 96.4 Å². The molecule has 0 radical (unpaired) electrons. The second kappa shape index (κ2) is 13.0. The molecule has 0 saturated heterocycles. The third kappa shape index (κ3) is 7.03. The van der Waals surface area contributed by atoms with Crippen LogP contribution < -0.4 is 0 Å². The molecule has 0 aliphatic rings. The van der Waals surface area contributed by atoms with Gasteiger partial charge in [0.25, 0.3) is 0 Å². The molecule has 5 heteroatoms. The van der Waals surface area contributed by atoms with Gasteiger partial charge in [0.2, 0.25) is 0 Å². The van der Waals surface area contributed by atoms with Gasteiger partial charge < -0.3 is 4.57 Å². The van der Waals surface area contributed by atoms with Crippen molar-refractivity contribution in [2.24, 2.45) is 0 Å². The Balaban J connectivity index is 2.02. The fourth-order valence-electron chi connectivity index (χ4n) is 4.19. The van der Waals surface area contributed by atoms with E-state index in [9.17, 15) is 5.26 Å². The lowest BCUT2D eigenvalue weighted by Crippen LogP contribution is -2.27. The normalized spacial score (nSPS) is 13.2. The highest BCUT2D eigenvalue weighted by molar-refractivity contribution is 6.36. The Bertz CT molecular complexity index is 789. The SMILES string of the molecule is CCCCCCCCCCCC(C#N)(CCn1ccnc1C)c1c(Cl)cccc1Cl. The molecule has 1 unspecified atom stereocenters. The second-order valence-corrected chi connectivity index (χ2v) is 9.10. The summed E-state index contributed by atoms with van der Waals surface area (Å²) in [5.41, 5.74) is 0.0981. The van der Waals surface area contributed by atoms with E-state index in [1.54, 1.807) is 6.20 Å². The summed E-state index contributed by atoms with van der Waals surface area (Å²) in [6.45, 7) is 4.95. The van der Waals surface area contributed by atoms with E-state index in [2.05, 4.69) is 22.5 Å². The van der Waals surface area contributed by atoms with Gasteiger partial charge in [-0.05, 0) is 31.9 Å². The number of nitrogens with zero attached hydrogens (tertiary/aromatic N) is 3. The van der Waals surface area contributed by atoms with Gasteiger partial charge in [-0.3, -0.25) is 0 Å². The van der Waals surface area contributed by atoms with Crippen LogP contribution in [0, 0.1) is 18.3 Å². The third-order valence-corrected chi connectivity index (χ3v) is 6.70. The van der Waals surface area contributed by atoms with Crippen molar-refractivity contribution in [3.8, 4) is 6.07 Å². The quantitative estimate of drug-likeness (QED) is 0.273. The van der Waals surface area contributed by atoms with Gasteiger partial charge in [-0.1, -0.05) is 94.0 Å². The fraction of sp³-hybridized carbons (Fsp3) is 0.600. The van der Waals surface area contributed by atoms with E-state index in [0.29, 0.717) is 16.5 Å². The molecule has 2 aromatic rings. The average molecular weight is 448 g/mol. The lowest BCUT2D eigenvalue weighted by Gasteiger charge is -2.29. The molecule has 0 aliphatic heterocycles. The number of hydrogen-bond donors (Lipinski definition) is 0. The molecular weight excluding hydrogens is 413 g/mol. The van der Waals surface area contributed by atoms with Crippen LogP contribution in [0.4, 0.5) is 0 Å². The molecule has 1 heterocycles. The lowest BCUT2D eigenvalue weighted by atomic mass is 9.74. The predicted octanol–water partition coefficient (Wildman–Crippen LogP) is 8.27. The zero-order chi connectivity index (χ0) is 21.8. The molecule has 0 aliphatic carbocycles. The van der Waals surface area contributed by atoms with E-state index in [0.717, 1.165) is 37.2 Å². The van der Waals surface area contributed by atoms with Crippen molar-refractivity contribution in [1.29, 1.82) is 5.26 Å². The Labute approximate surface area is 192 Å². The van der Waals surface area contributed by atoms with Gasteiger partial charge >= 0.3 is 0 Å². The van der Waals surface area contributed by atoms with Crippen molar-refractivity contribution >= 4 is 23.2 Å². The van der Waals surface area contributed by atoms with Crippen LogP contribution in [-0.4, -0.2) is 9.55 Å². The van der Waals surface area contributed by atoms with Gasteiger partial charge in [0.1, 0.15) is 5.82 Å². The minimum absolute atomic E-state index is 0.585. The minimum Gasteiger partial charge on any atom is -0.335 e. The summed E-state index contributed by atoms with van der Waals surface area (Å²) in [6.07, 6.45) is 16.5.